The van der Waals surface area contributed by atoms with Crippen molar-refractivity contribution in [3.05, 3.63) is 24.3 Å². The van der Waals surface area contributed by atoms with E-state index >= 15 is 0 Å². The van der Waals surface area contributed by atoms with Crippen LogP contribution in [-0.4, -0.2) is 45.4 Å². The minimum Gasteiger partial charge on any atom is -0.491 e. The topological polar surface area (TPSA) is 93.7 Å². The van der Waals surface area contributed by atoms with Crippen LogP contribution >= 0.6 is 0 Å². The summed E-state index contributed by atoms with van der Waals surface area (Å²) in [5, 5.41) is 2.40. The highest BCUT2D eigenvalue weighted by atomic mass is 32.2. The average molecular weight is 413 g/mol. The lowest BCUT2D eigenvalue weighted by Gasteiger charge is -2.22. The van der Waals surface area contributed by atoms with Gasteiger partial charge in [0.25, 0.3) is 0 Å². The molecule has 2 rings (SSSR count). The zero-order valence-corrected chi connectivity index (χ0v) is 17.6. The molecule has 1 fully saturated rings. The SMILES string of the molecule is CC(C)S(=O)(=O)NCCCCC(=O)Nc1ccc(OCC2CCCCO2)cc1. The van der Waals surface area contributed by atoms with Crippen LogP contribution in [-0.2, 0) is 19.6 Å². The van der Waals surface area contributed by atoms with Crippen molar-refractivity contribution < 1.29 is 22.7 Å². The number of anilines is 1. The van der Waals surface area contributed by atoms with Crippen molar-refractivity contribution in [3.8, 4) is 5.75 Å². The predicted molar refractivity (Wildman–Crippen MR) is 110 cm³/mol. The first-order valence-electron chi connectivity index (χ1n) is 9.99. The minimum absolute atomic E-state index is 0.0870. The van der Waals surface area contributed by atoms with Crippen molar-refractivity contribution >= 4 is 21.6 Å². The number of unbranched alkanes of at least 4 members (excludes halogenated alkanes) is 1. The van der Waals surface area contributed by atoms with Crippen LogP contribution in [0.3, 0.4) is 0 Å². The highest BCUT2D eigenvalue weighted by Gasteiger charge is 2.15. The summed E-state index contributed by atoms with van der Waals surface area (Å²) >= 11 is 0. The lowest BCUT2D eigenvalue weighted by atomic mass is 10.1. The van der Waals surface area contributed by atoms with Crippen molar-refractivity contribution in [1.82, 2.24) is 4.72 Å². The third kappa shape index (κ3) is 8.16. The van der Waals surface area contributed by atoms with Gasteiger partial charge in [-0.3, -0.25) is 4.79 Å². The molecule has 1 amide bonds. The summed E-state index contributed by atoms with van der Waals surface area (Å²) in [5.41, 5.74) is 0.715. The molecule has 28 heavy (non-hydrogen) atoms. The molecule has 0 aliphatic carbocycles. The van der Waals surface area contributed by atoms with Crippen LogP contribution in [0.2, 0.25) is 0 Å². The molecule has 1 heterocycles. The minimum atomic E-state index is -3.23. The number of carbonyl (C=O) groups is 1. The summed E-state index contributed by atoms with van der Waals surface area (Å²) in [5.74, 6) is 0.667. The summed E-state index contributed by atoms with van der Waals surface area (Å²) < 4.78 is 37.2. The average Bonchev–Trinajstić information content (AvgIpc) is 2.68. The van der Waals surface area contributed by atoms with Crippen LogP contribution < -0.4 is 14.8 Å². The fourth-order valence-electron chi connectivity index (χ4n) is 2.78. The van der Waals surface area contributed by atoms with Crippen LogP contribution in [0.15, 0.2) is 24.3 Å². The molecule has 0 radical (unpaired) electrons. The Morgan fingerprint density at radius 3 is 2.61 bits per heavy atom. The van der Waals surface area contributed by atoms with E-state index in [1.54, 1.807) is 13.8 Å². The van der Waals surface area contributed by atoms with Crippen LogP contribution in [0, 0.1) is 0 Å². The lowest BCUT2D eigenvalue weighted by Crippen LogP contribution is -2.31. The summed E-state index contributed by atoms with van der Waals surface area (Å²) in [6.45, 7) is 4.98. The normalized spacial score (nSPS) is 17.5. The van der Waals surface area contributed by atoms with E-state index in [2.05, 4.69) is 10.0 Å². The van der Waals surface area contributed by atoms with Crippen molar-refractivity contribution in [2.45, 2.75) is 63.7 Å². The first-order chi connectivity index (χ1) is 13.4. The molecule has 0 saturated carbocycles. The van der Waals surface area contributed by atoms with Crippen LogP contribution in [0.5, 0.6) is 5.75 Å². The molecule has 1 aromatic rings. The zero-order chi connectivity index (χ0) is 20.4. The Morgan fingerprint density at radius 1 is 1.21 bits per heavy atom. The second-order valence-electron chi connectivity index (χ2n) is 7.32. The summed E-state index contributed by atoms with van der Waals surface area (Å²) in [6, 6.07) is 7.29. The smallest absolute Gasteiger partial charge is 0.224 e. The molecule has 158 valence electrons. The van der Waals surface area contributed by atoms with E-state index in [4.69, 9.17) is 9.47 Å². The molecule has 1 atom stereocenters. The predicted octanol–water partition coefficient (Wildman–Crippen LogP) is 3.07. The Hall–Kier alpha value is -1.64. The van der Waals surface area contributed by atoms with Gasteiger partial charge in [-0.1, -0.05) is 0 Å². The highest BCUT2D eigenvalue weighted by molar-refractivity contribution is 7.90. The number of amides is 1. The monoisotopic (exact) mass is 412 g/mol. The maximum atomic E-state index is 12.0. The molecular weight excluding hydrogens is 380 g/mol. The second kappa shape index (κ2) is 11.4. The van der Waals surface area contributed by atoms with Crippen LogP contribution in [0.25, 0.3) is 0 Å². The van der Waals surface area contributed by atoms with Gasteiger partial charge in [0.1, 0.15) is 12.4 Å². The number of hydrogen-bond acceptors (Lipinski definition) is 5. The summed E-state index contributed by atoms with van der Waals surface area (Å²) in [4.78, 5) is 12.0. The van der Waals surface area contributed by atoms with Crippen molar-refractivity contribution in [2.24, 2.45) is 0 Å². The molecular formula is C20H32N2O5S. The van der Waals surface area contributed by atoms with E-state index in [0.29, 0.717) is 38.1 Å². The van der Waals surface area contributed by atoms with Gasteiger partial charge in [0.05, 0.1) is 11.4 Å². The molecule has 0 aromatic heterocycles. The van der Waals surface area contributed by atoms with Gasteiger partial charge in [-0.25, -0.2) is 13.1 Å². The first-order valence-corrected chi connectivity index (χ1v) is 11.5. The maximum Gasteiger partial charge on any atom is 0.224 e. The van der Waals surface area contributed by atoms with Gasteiger partial charge in [-0.15, -0.1) is 0 Å². The summed E-state index contributed by atoms with van der Waals surface area (Å²) in [6.07, 6.45) is 5.09. The van der Waals surface area contributed by atoms with Gasteiger partial charge >= 0.3 is 0 Å². The molecule has 1 aliphatic heterocycles. The molecule has 2 N–H and O–H groups in total. The molecule has 1 saturated heterocycles. The van der Waals surface area contributed by atoms with Crippen molar-refractivity contribution in [2.75, 3.05) is 25.1 Å². The van der Waals surface area contributed by atoms with Crippen molar-refractivity contribution in [3.63, 3.8) is 0 Å². The molecule has 1 aromatic carbocycles. The molecule has 0 spiro atoms. The standard InChI is InChI=1S/C20H32N2O5S/c1-16(2)28(24,25)21-13-5-3-8-20(23)22-17-9-11-18(12-10-17)27-15-19-7-4-6-14-26-19/h9-12,16,19,21H,3-8,13-15H2,1-2H3,(H,22,23). The number of sulfonamides is 1. The van der Waals surface area contributed by atoms with Gasteiger partial charge < -0.3 is 14.8 Å². The lowest BCUT2D eigenvalue weighted by molar-refractivity contribution is -0.116. The fourth-order valence-corrected chi connectivity index (χ4v) is 3.54. The number of ether oxygens (including phenoxy) is 2. The third-order valence-electron chi connectivity index (χ3n) is 4.60. The Balaban J connectivity index is 1.62. The Bertz CT molecular complexity index is 698. The Morgan fingerprint density at radius 2 is 1.96 bits per heavy atom. The van der Waals surface area contributed by atoms with Gasteiger partial charge in [0, 0.05) is 25.3 Å². The van der Waals surface area contributed by atoms with E-state index in [0.717, 1.165) is 25.2 Å². The van der Waals surface area contributed by atoms with E-state index in [9.17, 15) is 13.2 Å². The molecule has 7 nitrogen and oxygen atoms in total. The van der Waals surface area contributed by atoms with Crippen LogP contribution in [0.4, 0.5) is 5.69 Å². The zero-order valence-electron chi connectivity index (χ0n) is 16.8. The molecule has 0 bridgehead atoms. The molecule has 8 heteroatoms. The summed E-state index contributed by atoms with van der Waals surface area (Å²) in [7, 11) is -3.23. The highest BCUT2D eigenvalue weighted by Crippen LogP contribution is 2.18. The number of carbonyl (C=O) groups excluding carboxylic acids is 1. The number of hydrogen-bond donors (Lipinski definition) is 2. The van der Waals surface area contributed by atoms with E-state index in [-0.39, 0.29) is 12.0 Å². The van der Waals surface area contributed by atoms with Gasteiger partial charge in [0.15, 0.2) is 0 Å². The van der Waals surface area contributed by atoms with Gasteiger partial charge in [-0.05, 0) is 70.2 Å². The number of benzene rings is 1. The molecule has 1 unspecified atom stereocenters. The third-order valence-corrected chi connectivity index (χ3v) is 6.45. The first kappa shape index (κ1) is 22.6. The Kier molecular flexibility index (Phi) is 9.21. The fraction of sp³-hybridized carbons (Fsp3) is 0.650. The van der Waals surface area contributed by atoms with E-state index < -0.39 is 15.3 Å². The quantitative estimate of drug-likeness (QED) is 0.545. The van der Waals surface area contributed by atoms with E-state index in [1.165, 1.54) is 6.42 Å². The van der Waals surface area contributed by atoms with Gasteiger partial charge in [0.2, 0.25) is 15.9 Å². The largest absolute Gasteiger partial charge is 0.491 e. The van der Waals surface area contributed by atoms with Crippen LogP contribution in [0.1, 0.15) is 52.4 Å². The van der Waals surface area contributed by atoms with Gasteiger partial charge in [-0.2, -0.15) is 0 Å². The second-order valence-corrected chi connectivity index (χ2v) is 9.64. The molecule has 1 aliphatic rings. The maximum absolute atomic E-state index is 12.0. The Labute approximate surface area is 168 Å². The van der Waals surface area contributed by atoms with E-state index in [1.807, 2.05) is 24.3 Å². The number of rotatable bonds is 11. The van der Waals surface area contributed by atoms with Crippen molar-refractivity contribution in [1.29, 1.82) is 0 Å². The number of nitrogens with one attached hydrogen (secondary N) is 2.